The number of rotatable bonds is 6. The number of hydrogen-bond donors (Lipinski definition) is 0. The van der Waals surface area contributed by atoms with Gasteiger partial charge in [-0.05, 0) is 48.7 Å². The molecule has 4 rings (SSSR count). The SMILES string of the molecule is Cc1oc(-c2ccc(-c3ccc(S(C)(=O)=O)cc3)cc2)nc1CCN1CC[C@H](F)C1. The van der Waals surface area contributed by atoms with E-state index in [1.807, 2.05) is 31.2 Å². The number of oxazole rings is 1. The topological polar surface area (TPSA) is 63.4 Å². The summed E-state index contributed by atoms with van der Waals surface area (Å²) in [6.45, 7) is 4.01. The maximum atomic E-state index is 13.3. The first-order valence-corrected chi connectivity index (χ1v) is 11.9. The molecule has 3 aromatic rings. The minimum atomic E-state index is -3.20. The fourth-order valence-electron chi connectivity index (χ4n) is 3.74. The molecular weight excluding hydrogens is 403 g/mol. The Kier molecular flexibility index (Phi) is 5.75. The molecule has 7 heteroatoms. The first-order chi connectivity index (χ1) is 14.3. The molecule has 1 aliphatic heterocycles. The first-order valence-electron chi connectivity index (χ1n) is 10.0. The van der Waals surface area contributed by atoms with Crippen LogP contribution in [0.2, 0.25) is 0 Å². The van der Waals surface area contributed by atoms with Crippen molar-refractivity contribution in [1.29, 1.82) is 0 Å². The second-order valence-corrected chi connectivity index (χ2v) is 9.85. The molecule has 0 saturated carbocycles. The van der Waals surface area contributed by atoms with Crippen molar-refractivity contribution in [3.05, 3.63) is 60.0 Å². The van der Waals surface area contributed by atoms with Gasteiger partial charge in [-0.3, -0.25) is 4.90 Å². The molecule has 0 N–H and O–H groups in total. The number of benzene rings is 2. The monoisotopic (exact) mass is 428 g/mol. The standard InChI is InChI=1S/C23H25FN2O3S/c1-16-22(12-14-26-13-11-20(24)15-26)25-23(29-16)19-5-3-17(4-6-19)18-7-9-21(10-8-18)30(2,27)28/h3-10,20H,11-15H2,1-2H3/t20-/m0/s1. The minimum absolute atomic E-state index is 0.307. The number of likely N-dealkylation sites (tertiary alicyclic amines) is 1. The zero-order valence-corrected chi connectivity index (χ0v) is 18.0. The van der Waals surface area contributed by atoms with Crippen molar-refractivity contribution in [1.82, 2.24) is 9.88 Å². The molecule has 0 amide bonds. The molecule has 0 spiro atoms. The minimum Gasteiger partial charge on any atom is -0.441 e. The van der Waals surface area contributed by atoms with E-state index in [2.05, 4.69) is 9.88 Å². The Hall–Kier alpha value is -2.51. The van der Waals surface area contributed by atoms with Gasteiger partial charge in [-0.2, -0.15) is 0 Å². The molecule has 1 saturated heterocycles. The normalized spacial score (nSPS) is 17.5. The van der Waals surface area contributed by atoms with E-state index in [9.17, 15) is 12.8 Å². The lowest BCUT2D eigenvalue weighted by Gasteiger charge is -2.12. The molecule has 1 aromatic heterocycles. The van der Waals surface area contributed by atoms with E-state index in [1.165, 1.54) is 6.26 Å². The summed E-state index contributed by atoms with van der Waals surface area (Å²) in [6.07, 6.45) is 1.85. The Morgan fingerprint density at radius 3 is 2.23 bits per heavy atom. The highest BCUT2D eigenvalue weighted by atomic mass is 32.2. The molecule has 5 nitrogen and oxygen atoms in total. The Morgan fingerprint density at radius 2 is 1.67 bits per heavy atom. The summed E-state index contributed by atoms with van der Waals surface area (Å²) in [6, 6.07) is 14.7. The van der Waals surface area contributed by atoms with Crippen molar-refractivity contribution < 1.29 is 17.2 Å². The van der Waals surface area contributed by atoms with Crippen LogP contribution in [-0.4, -0.2) is 50.4 Å². The Morgan fingerprint density at radius 1 is 1.07 bits per heavy atom. The Bertz CT molecular complexity index is 1120. The first kappa shape index (κ1) is 20.8. The molecular formula is C23H25FN2O3S. The number of aromatic nitrogens is 1. The Balaban J connectivity index is 1.46. The van der Waals surface area contributed by atoms with Crippen molar-refractivity contribution in [2.75, 3.05) is 25.9 Å². The van der Waals surface area contributed by atoms with Crippen LogP contribution >= 0.6 is 0 Å². The summed E-state index contributed by atoms with van der Waals surface area (Å²) in [4.78, 5) is 7.08. The van der Waals surface area contributed by atoms with Gasteiger partial charge in [0.2, 0.25) is 5.89 Å². The van der Waals surface area contributed by atoms with Gasteiger partial charge in [0.05, 0.1) is 10.6 Å². The van der Waals surface area contributed by atoms with E-state index in [0.717, 1.165) is 47.7 Å². The fourth-order valence-corrected chi connectivity index (χ4v) is 4.37. The molecule has 0 aliphatic carbocycles. The van der Waals surface area contributed by atoms with Crippen LogP contribution in [-0.2, 0) is 16.3 Å². The largest absolute Gasteiger partial charge is 0.441 e. The maximum Gasteiger partial charge on any atom is 0.226 e. The number of hydrogen-bond acceptors (Lipinski definition) is 5. The summed E-state index contributed by atoms with van der Waals surface area (Å²) < 4.78 is 42.4. The molecule has 0 bridgehead atoms. The van der Waals surface area contributed by atoms with E-state index in [-0.39, 0.29) is 0 Å². The number of sulfone groups is 1. The highest BCUT2D eigenvalue weighted by Crippen LogP contribution is 2.27. The van der Waals surface area contributed by atoms with E-state index < -0.39 is 16.0 Å². The van der Waals surface area contributed by atoms with Crippen LogP contribution in [0, 0.1) is 6.92 Å². The maximum absolute atomic E-state index is 13.3. The second kappa shape index (κ2) is 8.32. The summed E-state index contributed by atoms with van der Waals surface area (Å²) in [5.41, 5.74) is 3.71. The van der Waals surface area contributed by atoms with Gasteiger partial charge < -0.3 is 4.42 Å². The molecule has 1 fully saturated rings. The molecule has 1 atom stereocenters. The smallest absolute Gasteiger partial charge is 0.226 e. The van der Waals surface area contributed by atoms with E-state index in [4.69, 9.17) is 4.42 Å². The summed E-state index contributed by atoms with van der Waals surface area (Å²) >= 11 is 0. The number of halogens is 1. The van der Waals surface area contributed by atoms with Gasteiger partial charge >= 0.3 is 0 Å². The van der Waals surface area contributed by atoms with Gasteiger partial charge in [-0.25, -0.2) is 17.8 Å². The average Bonchev–Trinajstić information content (AvgIpc) is 3.31. The molecule has 0 unspecified atom stereocenters. The molecule has 1 aliphatic rings. The lowest BCUT2D eigenvalue weighted by atomic mass is 10.0. The van der Waals surface area contributed by atoms with Crippen LogP contribution in [0.15, 0.2) is 57.8 Å². The lowest BCUT2D eigenvalue weighted by Crippen LogP contribution is -2.23. The summed E-state index contributed by atoms with van der Waals surface area (Å²) in [5, 5.41) is 0. The van der Waals surface area contributed by atoms with Crippen molar-refractivity contribution in [3.63, 3.8) is 0 Å². The van der Waals surface area contributed by atoms with Crippen molar-refractivity contribution in [2.24, 2.45) is 0 Å². The van der Waals surface area contributed by atoms with Crippen molar-refractivity contribution in [2.45, 2.75) is 30.8 Å². The van der Waals surface area contributed by atoms with Gasteiger partial charge in [0.25, 0.3) is 0 Å². The lowest BCUT2D eigenvalue weighted by molar-refractivity contribution is 0.289. The predicted molar refractivity (Wildman–Crippen MR) is 115 cm³/mol. The predicted octanol–water partition coefficient (Wildman–Crippen LogP) is 4.31. The zero-order chi connectivity index (χ0) is 21.3. The summed E-state index contributed by atoms with van der Waals surface area (Å²) in [5.74, 6) is 1.37. The quantitative estimate of drug-likeness (QED) is 0.586. The van der Waals surface area contributed by atoms with E-state index in [1.54, 1.807) is 24.3 Å². The third-order valence-corrected chi connectivity index (χ3v) is 6.65. The summed E-state index contributed by atoms with van der Waals surface area (Å²) in [7, 11) is -3.20. The molecule has 0 radical (unpaired) electrons. The van der Waals surface area contributed by atoms with Gasteiger partial charge in [-0.15, -0.1) is 0 Å². The molecule has 158 valence electrons. The van der Waals surface area contributed by atoms with Crippen molar-refractivity contribution >= 4 is 9.84 Å². The van der Waals surface area contributed by atoms with Crippen LogP contribution in [0.4, 0.5) is 4.39 Å². The van der Waals surface area contributed by atoms with Crippen LogP contribution in [0.5, 0.6) is 0 Å². The van der Waals surface area contributed by atoms with E-state index in [0.29, 0.717) is 23.8 Å². The fraction of sp³-hybridized carbons (Fsp3) is 0.348. The third-order valence-electron chi connectivity index (χ3n) is 5.52. The van der Waals surface area contributed by atoms with Gasteiger partial charge in [0.15, 0.2) is 9.84 Å². The molecule has 30 heavy (non-hydrogen) atoms. The van der Waals surface area contributed by atoms with Crippen molar-refractivity contribution in [3.8, 4) is 22.6 Å². The zero-order valence-electron chi connectivity index (χ0n) is 17.1. The third kappa shape index (κ3) is 4.63. The average molecular weight is 429 g/mol. The second-order valence-electron chi connectivity index (χ2n) is 7.83. The number of nitrogens with zero attached hydrogens (tertiary/aromatic N) is 2. The molecule has 2 heterocycles. The van der Waals surface area contributed by atoms with Crippen LogP contribution in [0.25, 0.3) is 22.6 Å². The Labute approximate surface area is 176 Å². The van der Waals surface area contributed by atoms with Gasteiger partial charge in [0.1, 0.15) is 11.9 Å². The van der Waals surface area contributed by atoms with Gasteiger partial charge in [0, 0.05) is 37.9 Å². The molecule has 2 aromatic carbocycles. The highest BCUT2D eigenvalue weighted by molar-refractivity contribution is 7.90. The van der Waals surface area contributed by atoms with Crippen LogP contribution in [0.3, 0.4) is 0 Å². The highest BCUT2D eigenvalue weighted by Gasteiger charge is 2.22. The van der Waals surface area contributed by atoms with E-state index >= 15 is 0 Å². The van der Waals surface area contributed by atoms with Crippen LogP contribution < -0.4 is 0 Å². The van der Waals surface area contributed by atoms with Gasteiger partial charge in [-0.1, -0.05) is 24.3 Å². The van der Waals surface area contributed by atoms with Crippen LogP contribution in [0.1, 0.15) is 17.9 Å². The number of aryl methyl sites for hydroxylation is 1. The number of alkyl halides is 1.